The molecule has 0 aliphatic rings. The van der Waals surface area contributed by atoms with Gasteiger partial charge < -0.3 is 14.8 Å². The van der Waals surface area contributed by atoms with Gasteiger partial charge in [-0.25, -0.2) is 0 Å². The van der Waals surface area contributed by atoms with Gasteiger partial charge in [-0.3, -0.25) is 4.79 Å². The SMILES string of the molecule is Cc1cccc(OCCCC(=O)Nc2ccc(OC(C)C)cc2)c1C. The van der Waals surface area contributed by atoms with Gasteiger partial charge in [-0.2, -0.15) is 0 Å². The van der Waals surface area contributed by atoms with Gasteiger partial charge in [0, 0.05) is 12.1 Å². The molecule has 0 unspecified atom stereocenters. The van der Waals surface area contributed by atoms with Crippen molar-refractivity contribution in [2.75, 3.05) is 11.9 Å². The molecule has 0 atom stereocenters. The van der Waals surface area contributed by atoms with Crippen LogP contribution in [0.5, 0.6) is 11.5 Å². The lowest BCUT2D eigenvalue weighted by Gasteiger charge is -2.11. The fourth-order valence-electron chi connectivity index (χ4n) is 2.41. The summed E-state index contributed by atoms with van der Waals surface area (Å²) in [5, 5.41) is 2.89. The van der Waals surface area contributed by atoms with Crippen LogP contribution in [0.1, 0.15) is 37.8 Å². The molecule has 2 aromatic rings. The minimum absolute atomic E-state index is 0.0120. The first-order chi connectivity index (χ1) is 12.0. The van der Waals surface area contributed by atoms with Gasteiger partial charge in [-0.05, 0) is 75.6 Å². The number of benzene rings is 2. The number of carbonyl (C=O) groups is 1. The summed E-state index contributed by atoms with van der Waals surface area (Å²) < 4.78 is 11.4. The second-order valence-electron chi connectivity index (χ2n) is 6.39. The van der Waals surface area contributed by atoms with E-state index in [0.29, 0.717) is 19.4 Å². The van der Waals surface area contributed by atoms with E-state index in [0.717, 1.165) is 22.7 Å². The van der Waals surface area contributed by atoms with Crippen LogP contribution in [0.2, 0.25) is 0 Å². The number of amides is 1. The third kappa shape index (κ3) is 6.14. The summed E-state index contributed by atoms with van der Waals surface area (Å²) in [7, 11) is 0. The molecule has 0 saturated heterocycles. The molecule has 0 spiro atoms. The fraction of sp³-hybridized carbons (Fsp3) is 0.381. The summed E-state index contributed by atoms with van der Waals surface area (Å²) in [5.74, 6) is 1.68. The van der Waals surface area contributed by atoms with E-state index in [9.17, 15) is 4.79 Å². The molecule has 2 rings (SSSR count). The van der Waals surface area contributed by atoms with E-state index in [1.54, 1.807) is 0 Å². The maximum atomic E-state index is 12.0. The number of aryl methyl sites for hydroxylation is 1. The topological polar surface area (TPSA) is 47.6 Å². The number of hydrogen-bond acceptors (Lipinski definition) is 3. The van der Waals surface area contributed by atoms with Crippen molar-refractivity contribution in [1.29, 1.82) is 0 Å². The van der Waals surface area contributed by atoms with Gasteiger partial charge in [0.25, 0.3) is 0 Å². The van der Waals surface area contributed by atoms with Crippen LogP contribution in [-0.4, -0.2) is 18.6 Å². The highest BCUT2D eigenvalue weighted by Crippen LogP contribution is 2.21. The van der Waals surface area contributed by atoms with Crippen molar-refractivity contribution in [1.82, 2.24) is 0 Å². The van der Waals surface area contributed by atoms with Crippen LogP contribution in [0.25, 0.3) is 0 Å². The summed E-state index contributed by atoms with van der Waals surface area (Å²) in [5.41, 5.74) is 3.13. The quantitative estimate of drug-likeness (QED) is 0.696. The zero-order valence-electron chi connectivity index (χ0n) is 15.5. The minimum atomic E-state index is -0.0120. The minimum Gasteiger partial charge on any atom is -0.493 e. The van der Waals surface area contributed by atoms with Gasteiger partial charge in [0.2, 0.25) is 5.91 Å². The van der Waals surface area contributed by atoms with E-state index < -0.39 is 0 Å². The van der Waals surface area contributed by atoms with Crippen LogP contribution in [0.15, 0.2) is 42.5 Å². The Morgan fingerprint density at radius 1 is 1.08 bits per heavy atom. The molecule has 0 aliphatic heterocycles. The second kappa shape index (κ2) is 9.11. The first-order valence-electron chi connectivity index (χ1n) is 8.71. The molecule has 1 amide bonds. The number of carbonyl (C=O) groups excluding carboxylic acids is 1. The smallest absolute Gasteiger partial charge is 0.224 e. The van der Waals surface area contributed by atoms with Crippen LogP contribution >= 0.6 is 0 Å². The largest absolute Gasteiger partial charge is 0.493 e. The molecule has 0 saturated carbocycles. The van der Waals surface area contributed by atoms with E-state index in [1.807, 2.05) is 57.2 Å². The summed E-state index contributed by atoms with van der Waals surface area (Å²) in [4.78, 5) is 12.0. The molecule has 134 valence electrons. The first-order valence-corrected chi connectivity index (χ1v) is 8.71. The average molecular weight is 341 g/mol. The Kier molecular flexibility index (Phi) is 6.87. The van der Waals surface area contributed by atoms with Crippen LogP contribution in [0.4, 0.5) is 5.69 Å². The normalized spacial score (nSPS) is 10.6. The molecular weight excluding hydrogens is 314 g/mol. The predicted molar refractivity (Wildman–Crippen MR) is 101 cm³/mol. The second-order valence-corrected chi connectivity index (χ2v) is 6.39. The maximum absolute atomic E-state index is 12.0. The zero-order chi connectivity index (χ0) is 18.2. The lowest BCUT2D eigenvalue weighted by Crippen LogP contribution is -2.13. The molecule has 25 heavy (non-hydrogen) atoms. The van der Waals surface area contributed by atoms with Crippen LogP contribution in [0, 0.1) is 13.8 Å². The summed E-state index contributed by atoms with van der Waals surface area (Å²) in [6, 6.07) is 13.4. The monoisotopic (exact) mass is 341 g/mol. The Bertz CT molecular complexity index is 693. The highest BCUT2D eigenvalue weighted by molar-refractivity contribution is 5.90. The standard InChI is InChI=1S/C21H27NO3/c1-15(2)25-19-12-10-18(11-13-19)22-21(23)9-6-14-24-20-8-5-7-16(3)17(20)4/h5,7-8,10-13,15H,6,9,14H2,1-4H3,(H,22,23). The molecule has 0 aromatic heterocycles. The van der Waals surface area contributed by atoms with Gasteiger partial charge in [0.1, 0.15) is 11.5 Å². The lowest BCUT2D eigenvalue weighted by molar-refractivity contribution is -0.116. The van der Waals surface area contributed by atoms with Crippen molar-refractivity contribution in [3.05, 3.63) is 53.6 Å². The van der Waals surface area contributed by atoms with Crippen LogP contribution in [0.3, 0.4) is 0 Å². The summed E-state index contributed by atoms with van der Waals surface area (Å²) in [6.45, 7) is 8.60. The van der Waals surface area contributed by atoms with Gasteiger partial charge >= 0.3 is 0 Å². The molecule has 0 aliphatic carbocycles. The van der Waals surface area contributed by atoms with Crippen LogP contribution in [-0.2, 0) is 4.79 Å². The molecule has 0 heterocycles. The average Bonchev–Trinajstić information content (AvgIpc) is 2.56. The molecule has 0 bridgehead atoms. The van der Waals surface area contributed by atoms with Crippen molar-refractivity contribution < 1.29 is 14.3 Å². The molecule has 1 N–H and O–H groups in total. The highest BCUT2D eigenvalue weighted by atomic mass is 16.5. The zero-order valence-corrected chi connectivity index (χ0v) is 15.5. The van der Waals surface area contributed by atoms with Gasteiger partial charge in [0.15, 0.2) is 0 Å². The molecule has 4 heteroatoms. The van der Waals surface area contributed by atoms with E-state index in [-0.39, 0.29) is 12.0 Å². The van der Waals surface area contributed by atoms with Gasteiger partial charge in [0.05, 0.1) is 12.7 Å². The van der Waals surface area contributed by atoms with E-state index in [2.05, 4.69) is 18.3 Å². The van der Waals surface area contributed by atoms with Crippen molar-refractivity contribution in [2.45, 2.75) is 46.6 Å². The lowest BCUT2D eigenvalue weighted by atomic mass is 10.1. The number of hydrogen-bond donors (Lipinski definition) is 1. The summed E-state index contributed by atoms with van der Waals surface area (Å²) >= 11 is 0. The van der Waals surface area contributed by atoms with E-state index in [4.69, 9.17) is 9.47 Å². The number of nitrogens with one attached hydrogen (secondary N) is 1. The molecular formula is C21H27NO3. The Balaban J connectivity index is 1.72. The van der Waals surface area contributed by atoms with Crippen molar-refractivity contribution in [3.8, 4) is 11.5 Å². The van der Waals surface area contributed by atoms with Crippen LogP contribution < -0.4 is 14.8 Å². The van der Waals surface area contributed by atoms with Crippen molar-refractivity contribution >= 4 is 11.6 Å². The highest BCUT2D eigenvalue weighted by Gasteiger charge is 2.05. The molecule has 0 fully saturated rings. The predicted octanol–water partition coefficient (Wildman–Crippen LogP) is 4.89. The molecule has 2 aromatic carbocycles. The number of rotatable bonds is 8. The first kappa shape index (κ1) is 18.8. The van der Waals surface area contributed by atoms with E-state index >= 15 is 0 Å². The molecule has 0 radical (unpaired) electrons. The van der Waals surface area contributed by atoms with E-state index in [1.165, 1.54) is 5.56 Å². The number of anilines is 1. The van der Waals surface area contributed by atoms with Crippen molar-refractivity contribution in [3.63, 3.8) is 0 Å². The Morgan fingerprint density at radius 3 is 2.48 bits per heavy atom. The maximum Gasteiger partial charge on any atom is 0.224 e. The Labute approximate surface area is 150 Å². The number of ether oxygens (including phenoxy) is 2. The Hall–Kier alpha value is -2.49. The van der Waals surface area contributed by atoms with Crippen molar-refractivity contribution in [2.24, 2.45) is 0 Å². The van der Waals surface area contributed by atoms with Gasteiger partial charge in [-0.1, -0.05) is 12.1 Å². The summed E-state index contributed by atoms with van der Waals surface area (Å²) in [6.07, 6.45) is 1.24. The van der Waals surface area contributed by atoms with Gasteiger partial charge in [-0.15, -0.1) is 0 Å². The third-order valence-corrected chi connectivity index (χ3v) is 3.87. The fourth-order valence-corrected chi connectivity index (χ4v) is 2.41. The molecule has 4 nitrogen and oxygen atoms in total. The Morgan fingerprint density at radius 2 is 1.80 bits per heavy atom. The third-order valence-electron chi connectivity index (χ3n) is 3.87.